The van der Waals surface area contributed by atoms with Crippen molar-refractivity contribution >= 4 is 5.97 Å². The maximum Gasteiger partial charge on any atom is 0.320 e. The van der Waals surface area contributed by atoms with Gasteiger partial charge in [-0.3, -0.25) is 14.1 Å². The Morgan fingerprint density at radius 2 is 2.36 bits per heavy atom. The second-order valence-corrected chi connectivity index (χ2v) is 4.06. The van der Waals surface area contributed by atoms with Gasteiger partial charge in [-0.1, -0.05) is 6.92 Å². The summed E-state index contributed by atoms with van der Waals surface area (Å²) >= 11 is 0. The van der Waals surface area contributed by atoms with Gasteiger partial charge in [-0.15, -0.1) is 0 Å². The fraction of sp³-hybridized carbons (Fsp3) is 0.900. The van der Waals surface area contributed by atoms with Gasteiger partial charge in [0.1, 0.15) is 6.04 Å². The van der Waals surface area contributed by atoms with Crippen molar-refractivity contribution < 1.29 is 14.3 Å². The Kier molecular flexibility index (Phi) is 4.32. The van der Waals surface area contributed by atoms with Crippen LogP contribution in [0.1, 0.15) is 26.2 Å². The molecular weight excluding hydrogens is 185 g/mol. The number of nitrogens with zero attached hydrogens (tertiary/aromatic N) is 1. The van der Waals surface area contributed by atoms with E-state index in [0.717, 1.165) is 13.0 Å². The van der Waals surface area contributed by atoms with Crippen LogP contribution in [-0.4, -0.2) is 41.8 Å². The van der Waals surface area contributed by atoms with Crippen LogP contribution in [0.15, 0.2) is 0 Å². The normalized spacial score (nSPS) is 29.0. The minimum absolute atomic E-state index is 0.363. The summed E-state index contributed by atoms with van der Waals surface area (Å²) in [5.41, 5.74) is 0. The highest BCUT2D eigenvalue weighted by atomic mass is 19.1. The molecule has 4 heteroatoms. The third-order valence-corrected chi connectivity index (χ3v) is 2.84. The molecule has 82 valence electrons. The number of carboxylic acid groups (broad SMARTS) is 1. The van der Waals surface area contributed by atoms with Crippen LogP contribution in [0.5, 0.6) is 0 Å². The summed E-state index contributed by atoms with van der Waals surface area (Å²) < 4.78 is 12.0. The lowest BCUT2D eigenvalue weighted by Crippen LogP contribution is -2.47. The van der Waals surface area contributed by atoms with Gasteiger partial charge in [-0.2, -0.15) is 0 Å². The van der Waals surface area contributed by atoms with Crippen molar-refractivity contribution in [3.05, 3.63) is 0 Å². The van der Waals surface area contributed by atoms with Crippen molar-refractivity contribution in [2.75, 3.05) is 19.8 Å². The van der Waals surface area contributed by atoms with Crippen LogP contribution in [-0.2, 0) is 4.79 Å². The van der Waals surface area contributed by atoms with Crippen LogP contribution < -0.4 is 0 Å². The highest BCUT2D eigenvalue weighted by molar-refractivity contribution is 5.73. The van der Waals surface area contributed by atoms with Crippen LogP contribution in [0.25, 0.3) is 0 Å². The SMILES string of the molecule is CC1CCN(CCCF)C(C(=O)O)C1. The predicted molar refractivity (Wildman–Crippen MR) is 52.0 cm³/mol. The van der Waals surface area contributed by atoms with E-state index in [1.54, 1.807) is 0 Å². The highest BCUT2D eigenvalue weighted by Crippen LogP contribution is 2.22. The van der Waals surface area contributed by atoms with E-state index < -0.39 is 12.0 Å². The van der Waals surface area contributed by atoms with Gasteiger partial charge < -0.3 is 5.11 Å². The summed E-state index contributed by atoms with van der Waals surface area (Å²) in [5, 5.41) is 8.99. The van der Waals surface area contributed by atoms with Crippen molar-refractivity contribution in [1.82, 2.24) is 4.90 Å². The third-order valence-electron chi connectivity index (χ3n) is 2.84. The van der Waals surface area contributed by atoms with Crippen LogP contribution >= 0.6 is 0 Å². The maximum absolute atomic E-state index is 12.0. The molecule has 1 aliphatic heterocycles. The first-order chi connectivity index (χ1) is 6.65. The van der Waals surface area contributed by atoms with E-state index in [1.807, 2.05) is 4.90 Å². The summed E-state index contributed by atoms with van der Waals surface area (Å²) in [6.45, 7) is 3.07. The number of alkyl halides is 1. The largest absolute Gasteiger partial charge is 0.480 e. The first kappa shape index (κ1) is 11.4. The summed E-state index contributed by atoms with van der Waals surface area (Å²) in [6.07, 6.45) is 2.16. The standard InChI is InChI=1S/C10H18FNO2/c1-8-3-6-12(5-2-4-11)9(7-8)10(13)14/h8-9H,2-7H2,1H3,(H,13,14). The third kappa shape index (κ3) is 2.94. The molecule has 0 spiro atoms. The molecule has 0 aliphatic carbocycles. The van der Waals surface area contributed by atoms with Gasteiger partial charge in [-0.05, 0) is 31.7 Å². The lowest BCUT2D eigenvalue weighted by atomic mass is 9.92. The Balaban J connectivity index is 2.49. The molecule has 3 nitrogen and oxygen atoms in total. The number of hydrogen-bond donors (Lipinski definition) is 1. The van der Waals surface area contributed by atoms with Gasteiger partial charge in [-0.25, -0.2) is 0 Å². The van der Waals surface area contributed by atoms with E-state index in [2.05, 4.69) is 6.92 Å². The molecule has 0 saturated carbocycles. The number of hydrogen-bond acceptors (Lipinski definition) is 2. The zero-order chi connectivity index (χ0) is 10.6. The Labute approximate surface area is 83.9 Å². The van der Waals surface area contributed by atoms with Crippen LogP contribution in [0.2, 0.25) is 0 Å². The fourth-order valence-corrected chi connectivity index (χ4v) is 1.98. The minimum Gasteiger partial charge on any atom is -0.480 e. The lowest BCUT2D eigenvalue weighted by molar-refractivity contribution is -0.145. The molecule has 1 saturated heterocycles. The van der Waals surface area contributed by atoms with E-state index in [4.69, 9.17) is 5.11 Å². The minimum atomic E-state index is -0.768. The van der Waals surface area contributed by atoms with Gasteiger partial charge in [0.2, 0.25) is 0 Å². The molecule has 0 aromatic heterocycles. The van der Waals surface area contributed by atoms with Crippen LogP contribution in [0.4, 0.5) is 4.39 Å². The van der Waals surface area contributed by atoms with Gasteiger partial charge >= 0.3 is 5.97 Å². The van der Waals surface area contributed by atoms with Gasteiger partial charge in [0.05, 0.1) is 6.67 Å². The molecule has 1 aliphatic rings. The smallest absolute Gasteiger partial charge is 0.320 e. The second kappa shape index (κ2) is 5.29. The number of piperidine rings is 1. The van der Waals surface area contributed by atoms with Crippen molar-refractivity contribution in [2.24, 2.45) is 5.92 Å². The molecule has 14 heavy (non-hydrogen) atoms. The molecule has 0 aromatic rings. The van der Waals surface area contributed by atoms with E-state index in [0.29, 0.717) is 25.3 Å². The average molecular weight is 203 g/mol. The Bertz CT molecular complexity index is 197. The first-order valence-corrected chi connectivity index (χ1v) is 5.18. The summed E-state index contributed by atoms with van der Waals surface area (Å²) in [6, 6.07) is -0.398. The zero-order valence-electron chi connectivity index (χ0n) is 8.58. The Morgan fingerprint density at radius 3 is 2.93 bits per heavy atom. The molecule has 0 bridgehead atoms. The number of carboxylic acids is 1. The number of carbonyl (C=O) groups is 1. The number of likely N-dealkylation sites (tertiary alicyclic amines) is 1. The molecular formula is C10H18FNO2. The maximum atomic E-state index is 12.0. The average Bonchev–Trinajstić information content (AvgIpc) is 2.15. The Morgan fingerprint density at radius 1 is 1.64 bits per heavy atom. The number of rotatable bonds is 4. The van der Waals surface area contributed by atoms with Crippen molar-refractivity contribution in [1.29, 1.82) is 0 Å². The molecule has 1 N–H and O–H groups in total. The fourth-order valence-electron chi connectivity index (χ4n) is 1.98. The lowest BCUT2D eigenvalue weighted by Gasteiger charge is -2.35. The van der Waals surface area contributed by atoms with Gasteiger partial charge in [0.15, 0.2) is 0 Å². The summed E-state index contributed by atoms with van der Waals surface area (Å²) in [5.74, 6) is -0.298. The van der Waals surface area contributed by atoms with Gasteiger partial charge in [0, 0.05) is 6.54 Å². The van der Waals surface area contributed by atoms with Crippen LogP contribution in [0.3, 0.4) is 0 Å². The molecule has 2 atom stereocenters. The monoisotopic (exact) mass is 203 g/mol. The van der Waals surface area contributed by atoms with E-state index in [9.17, 15) is 9.18 Å². The van der Waals surface area contributed by atoms with Crippen molar-refractivity contribution in [3.8, 4) is 0 Å². The molecule has 0 aromatic carbocycles. The molecule has 1 heterocycles. The van der Waals surface area contributed by atoms with Crippen molar-refractivity contribution in [3.63, 3.8) is 0 Å². The molecule has 0 radical (unpaired) electrons. The van der Waals surface area contributed by atoms with E-state index >= 15 is 0 Å². The number of aliphatic carboxylic acids is 1. The zero-order valence-corrected chi connectivity index (χ0v) is 8.58. The number of halogens is 1. The molecule has 0 amide bonds. The van der Waals surface area contributed by atoms with Crippen LogP contribution in [0, 0.1) is 5.92 Å². The second-order valence-electron chi connectivity index (χ2n) is 4.06. The van der Waals surface area contributed by atoms with Crippen molar-refractivity contribution in [2.45, 2.75) is 32.2 Å². The van der Waals surface area contributed by atoms with E-state index in [1.165, 1.54) is 0 Å². The summed E-state index contributed by atoms with van der Waals surface area (Å²) in [4.78, 5) is 12.8. The molecule has 1 fully saturated rings. The first-order valence-electron chi connectivity index (χ1n) is 5.18. The topological polar surface area (TPSA) is 40.5 Å². The summed E-state index contributed by atoms with van der Waals surface area (Å²) in [7, 11) is 0. The quantitative estimate of drug-likeness (QED) is 0.753. The highest BCUT2D eigenvalue weighted by Gasteiger charge is 2.30. The predicted octanol–water partition coefficient (Wildman–Crippen LogP) is 1.53. The van der Waals surface area contributed by atoms with E-state index in [-0.39, 0.29) is 6.67 Å². The Hall–Kier alpha value is -0.640. The van der Waals surface area contributed by atoms with Gasteiger partial charge in [0.25, 0.3) is 0 Å². The molecule has 1 rings (SSSR count). The molecule has 2 unspecified atom stereocenters.